The number of ether oxygens (including phenoxy) is 1. The lowest BCUT2D eigenvalue weighted by atomic mass is 9.95. The molecule has 0 amide bonds. The quantitative estimate of drug-likeness (QED) is 0.906. The van der Waals surface area contributed by atoms with Crippen molar-refractivity contribution in [2.45, 2.75) is 26.4 Å². The highest BCUT2D eigenvalue weighted by Crippen LogP contribution is 2.28. The smallest absolute Gasteiger partial charge is 0.122 e. The van der Waals surface area contributed by atoms with Crippen LogP contribution in [0.3, 0.4) is 0 Å². The van der Waals surface area contributed by atoms with Gasteiger partial charge in [0.25, 0.3) is 0 Å². The van der Waals surface area contributed by atoms with Gasteiger partial charge in [0, 0.05) is 6.42 Å². The highest BCUT2D eigenvalue weighted by atomic mass is 16.5. The Hall–Kier alpha value is -1.80. The summed E-state index contributed by atoms with van der Waals surface area (Å²) in [5.74, 6) is 0.869. The maximum Gasteiger partial charge on any atom is 0.122 e. The topological polar surface area (TPSA) is 29.5 Å². The van der Waals surface area contributed by atoms with E-state index in [1.165, 1.54) is 0 Å². The van der Waals surface area contributed by atoms with Crippen LogP contribution in [0.25, 0.3) is 0 Å². The van der Waals surface area contributed by atoms with Gasteiger partial charge in [-0.05, 0) is 48.2 Å². The Kier molecular flexibility index (Phi) is 4.23. The van der Waals surface area contributed by atoms with Crippen LogP contribution in [-0.4, -0.2) is 12.2 Å². The molecule has 0 saturated carbocycles. The van der Waals surface area contributed by atoms with E-state index < -0.39 is 6.10 Å². The van der Waals surface area contributed by atoms with Crippen LogP contribution >= 0.6 is 0 Å². The number of hydrogen-bond acceptors (Lipinski definition) is 2. The molecule has 0 aliphatic rings. The maximum absolute atomic E-state index is 10.4. The zero-order valence-corrected chi connectivity index (χ0v) is 11.7. The van der Waals surface area contributed by atoms with Gasteiger partial charge in [-0.3, -0.25) is 0 Å². The van der Waals surface area contributed by atoms with Crippen LogP contribution in [0.1, 0.15) is 28.4 Å². The van der Waals surface area contributed by atoms with Gasteiger partial charge in [0.05, 0.1) is 13.2 Å². The molecule has 0 saturated heterocycles. The number of aliphatic hydroxyl groups is 1. The van der Waals surface area contributed by atoms with Gasteiger partial charge in [0.15, 0.2) is 0 Å². The number of aryl methyl sites for hydroxylation is 2. The normalized spacial score (nSPS) is 12.2. The number of aliphatic hydroxyl groups excluding tert-OH is 1. The third-order valence-corrected chi connectivity index (χ3v) is 3.41. The van der Waals surface area contributed by atoms with E-state index in [1.807, 2.05) is 56.3 Å². The Morgan fingerprint density at radius 1 is 1.05 bits per heavy atom. The SMILES string of the molecule is COc1cc(C)c(C(O)Cc2ccccc2)cc1C. The van der Waals surface area contributed by atoms with E-state index in [9.17, 15) is 5.11 Å². The van der Waals surface area contributed by atoms with E-state index >= 15 is 0 Å². The lowest BCUT2D eigenvalue weighted by Crippen LogP contribution is -2.05. The summed E-state index contributed by atoms with van der Waals surface area (Å²) in [7, 11) is 1.67. The highest BCUT2D eigenvalue weighted by Gasteiger charge is 2.13. The van der Waals surface area contributed by atoms with E-state index in [0.29, 0.717) is 6.42 Å². The van der Waals surface area contributed by atoms with E-state index in [1.54, 1.807) is 7.11 Å². The molecule has 2 aromatic rings. The number of methoxy groups -OCH3 is 1. The largest absolute Gasteiger partial charge is 0.496 e. The van der Waals surface area contributed by atoms with Crippen LogP contribution in [0, 0.1) is 13.8 Å². The zero-order valence-electron chi connectivity index (χ0n) is 11.7. The molecular weight excluding hydrogens is 236 g/mol. The third-order valence-electron chi connectivity index (χ3n) is 3.41. The summed E-state index contributed by atoms with van der Waals surface area (Å²) in [6.45, 7) is 4.00. The molecule has 0 aliphatic carbocycles. The number of benzene rings is 2. The second-order valence-electron chi connectivity index (χ2n) is 4.88. The zero-order chi connectivity index (χ0) is 13.8. The molecular formula is C17H20O2. The highest BCUT2D eigenvalue weighted by molar-refractivity contribution is 5.42. The maximum atomic E-state index is 10.4. The van der Waals surface area contributed by atoms with Gasteiger partial charge in [-0.15, -0.1) is 0 Å². The average Bonchev–Trinajstić information content (AvgIpc) is 2.42. The van der Waals surface area contributed by atoms with Crippen LogP contribution in [0.4, 0.5) is 0 Å². The number of rotatable bonds is 4. The van der Waals surface area contributed by atoms with Gasteiger partial charge < -0.3 is 9.84 Å². The Morgan fingerprint density at radius 3 is 2.37 bits per heavy atom. The van der Waals surface area contributed by atoms with E-state index in [-0.39, 0.29) is 0 Å². The van der Waals surface area contributed by atoms with Crippen molar-refractivity contribution in [3.63, 3.8) is 0 Å². The first-order valence-corrected chi connectivity index (χ1v) is 6.49. The monoisotopic (exact) mass is 256 g/mol. The summed E-state index contributed by atoms with van der Waals surface area (Å²) in [5, 5.41) is 10.4. The molecule has 1 N–H and O–H groups in total. The van der Waals surface area contributed by atoms with Crippen LogP contribution in [0.15, 0.2) is 42.5 Å². The van der Waals surface area contributed by atoms with E-state index in [0.717, 1.165) is 28.0 Å². The molecule has 2 nitrogen and oxygen atoms in total. The molecule has 0 radical (unpaired) electrons. The lowest BCUT2D eigenvalue weighted by Gasteiger charge is -2.16. The molecule has 2 aromatic carbocycles. The molecule has 100 valence electrons. The molecule has 2 rings (SSSR count). The van der Waals surface area contributed by atoms with Crippen LogP contribution < -0.4 is 4.74 Å². The summed E-state index contributed by atoms with van der Waals surface area (Å²) in [4.78, 5) is 0. The van der Waals surface area contributed by atoms with Gasteiger partial charge >= 0.3 is 0 Å². The second-order valence-corrected chi connectivity index (χ2v) is 4.88. The summed E-state index contributed by atoms with van der Waals surface area (Å²) >= 11 is 0. The summed E-state index contributed by atoms with van der Waals surface area (Å²) in [5.41, 5.74) is 4.23. The first-order valence-electron chi connectivity index (χ1n) is 6.49. The fourth-order valence-electron chi connectivity index (χ4n) is 2.34. The minimum Gasteiger partial charge on any atom is -0.496 e. The van der Waals surface area contributed by atoms with Crippen molar-refractivity contribution < 1.29 is 9.84 Å². The van der Waals surface area contributed by atoms with Crippen molar-refractivity contribution in [1.29, 1.82) is 0 Å². The Bertz CT molecular complexity index is 547. The van der Waals surface area contributed by atoms with Gasteiger partial charge in [-0.2, -0.15) is 0 Å². The van der Waals surface area contributed by atoms with Crippen LogP contribution in [0.2, 0.25) is 0 Å². The van der Waals surface area contributed by atoms with Crippen molar-refractivity contribution in [1.82, 2.24) is 0 Å². The summed E-state index contributed by atoms with van der Waals surface area (Å²) < 4.78 is 5.30. The van der Waals surface area contributed by atoms with Crippen molar-refractivity contribution >= 4 is 0 Å². The Labute approximate surface area is 114 Å². The lowest BCUT2D eigenvalue weighted by molar-refractivity contribution is 0.177. The molecule has 0 bridgehead atoms. The molecule has 1 atom stereocenters. The molecule has 1 unspecified atom stereocenters. The summed E-state index contributed by atoms with van der Waals surface area (Å²) in [6, 6.07) is 14.0. The molecule has 0 aliphatic heterocycles. The van der Waals surface area contributed by atoms with Crippen LogP contribution in [0.5, 0.6) is 5.75 Å². The van der Waals surface area contributed by atoms with E-state index in [2.05, 4.69) is 0 Å². The number of hydrogen-bond donors (Lipinski definition) is 1. The third kappa shape index (κ3) is 3.15. The summed E-state index contributed by atoms with van der Waals surface area (Å²) in [6.07, 6.45) is 0.153. The Morgan fingerprint density at radius 2 is 1.74 bits per heavy atom. The predicted octanol–water partition coefficient (Wildman–Crippen LogP) is 3.59. The van der Waals surface area contributed by atoms with Crippen molar-refractivity contribution in [3.05, 3.63) is 64.7 Å². The first kappa shape index (κ1) is 13.6. The molecule has 2 heteroatoms. The molecule has 0 spiro atoms. The van der Waals surface area contributed by atoms with E-state index in [4.69, 9.17) is 4.74 Å². The average molecular weight is 256 g/mol. The van der Waals surface area contributed by atoms with Gasteiger partial charge in [0.2, 0.25) is 0 Å². The first-order chi connectivity index (χ1) is 9.11. The fourth-order valence-corrected chi connectivity index (χ4v) is 2.34. The minimum atomic E-state index is -0.480. The van der Waals surface area contributed by atoms with Crippen LogP contribution in [-0.2, 0) is 6.42 Å². The van der Waals surface area contributed by atoms with Gasteiger partial charge in [0.1, 0.15) is 5.75 Å². The molecule has 19 heavy (non-hydrogen) atoms. The molecule has 0 aromatic heterocycles. The minimum absolute atomic E-state index is 0.480. The molecule has 0 heterocycles. The van der Waals surface area contributed by atoms with Gasteiger partial charge in [-0.1, -0.05) is 30.3 Å². The standard InChI is InChI=1S/C17H20O2/c1-12-10-17(19-3)13(2)9-15(12)16(18)11-14-7-5-4-6-8-14/h4-10,16,18H,11H2,1-3H3. The Balaban J connectivity index is 2.24. The van der Waals surface area contributed by atoms with Crippen molar-refractivity contribution in [3.8, 4) is 5.75 Å². The fraction of sp³-hybridized carbons (Fsp3) is 0.294. The van der Waals surface area contributed by atoms with Crippen molar-refractivity contribution in [2.75, 3.05) is 7.11 Å². The second kappa shape index (κ2) is 5.89. The predicted molar refractivity (Wildman–Crippen MR) is 77.6 cm³/mol. The van der Waals surface area contributed by atoms with Crippen molar-refractivity contribution in [2.24, 2.45) is 0 Å². The van der Waals surface area contributed by atoms with Gasteiger partial charge in [-0.25, -0.2) is 0 Å². The molecule has 0 fully saturated rings.